The number of benzene rings is 1. The number of fused-ring (bicyclic) bond motifs is 1. The van der Waals surface area contributed by atoms with Crippen molar-refractivity contribution in [2.75, 3.05) is 6.54 Å². The van der Waals surface area contributed by atoms with E-state index in [1.807, 2.05) is 0 Å². The van der Waals surface area contributed by atoms with Crippen LogP contribution in [0.4, 0.5) is 13.2 Å². The van der Waals surface area contributed by atoms with Gasteiger partial charge in [0.2, 0.25) is 0 Å². The molecule has 0 bridgehead atoms. The molecule has 1 atom stereocenters. The molecule has 0 fully saturated rings. The molecule has 1 unspecified atom stereocenters. The zero-order valence-electron chi connectivity index (χ0n) is 9.46. The number of alkyl halides is 3. The van der Waals surface area contributed by atoms with Crippen molar-refractivity contribution in [3.63, 3.8) is 0 Å². The van der Waals surface area contributed by atoms with Gasteiger partial charge in [0.1, 0.15) is 5.69 Å². The summed E-state index contributed by atoms with van der Waals surface area (Å²) in [6, 6.07) is 5.78. The number of nitrogens with two attached hydrogens (primary N) is 1. The molecule has 0 amide bonds. The molecule has 1 aromatic heterocycles. The largest absolute Gasteiger partial charge is 0.431 e. The molecule has 6 heteroatoms. The minimum Gasteiger partial charge on any atom is -0.388 e. The first-order chi connectivity index (χ1) is 8.43. The van der Waals surface area contributed by atoms with Gasteiger partial charge in [-0.05, 0) is 30.7 Å². The van der Waals surface area contributed by atoms with E-state index in [1.165, 1.54) is 0 Å². The fourth-order valence-electron chi connectivity index (χ4n) is 1.94. The van der Waals surface area contributed by atoms with E-state index in [-0.39, 0.29) is 6.54 Å². The number of aromatic amines is 1. The molecular weight excluding hydrogens is 245 g/mol. The maximum absolute atomic E-state index is 12.6. The van der Waals surface area contributed by atoms with Crippen LogP contribution in [-0.2, 0) is 6.18 Å². The highest BCUT2D eigenvalue weighted by atomic mass is 19.4. The molecule has 0 saturated carbocycles. The SMILES string of the molecule is NCCC(O)c1cccc2[nH]c(C(F)(F)F)cc12. The quantitative estimate of drug-likeness (QED) is 0.792. The van der Waals surface area contributed by atoms with Crippen LogP contribution in [0, 0.1) is 0 Å². The molecular formula is C12H13F3N2O. The van der Waals surface area contributed by atoms with Gasteiger partial charge in [0.15, 0.2) is 0 Å². The Hall–Kier alpha value is -1.53. The van der Waals surface area contributed by atoms with E-state index in [1.54, 1.807) is 18.2 Å². The first-order valence-corrected chi connectivity index (χ1v) is 5.50. The smallest absolute Gasteiger partial charge is 0.388 e. The standard InChI is InChI=1S/C12H13F3N2O/c13-12(14,15)11-6-8-7(10(18)4-5-16)2-1-3-9(8)17-11/h1-3,6,10,17-18H,4-5,16H2. The van der Waals surface area contributed by atoms with Crippen molar-refractivity contribution in [2.45, 2.75) is 18.7 Å². The number of rotatable bonds is 3. The summed E-state index contributed by atoms with van der Waals surface area (Å²) in [5.41, 5.74) is 5.34. The lowest BCUT2D eigenvalue weighted by Crippen LogP contribution is -2.06. The maximum Gasteiger partial charge on any atom is 0.431 e. The molecule has 0 aliphatic rings. The van der Waals surface area contributed by atoms with Gasteiger partial charge < -0.3 is 15.8 Å². The maximum atomic E-state index is 12.6. The molecule has 0 radical (unpaired) electrons. The number of nitrogens with one attached hydrogen (secondary N) is 1. The topological polar surface area (TPSA) is 62.0 Å². The second-order valence-electron chi connectivity index (χ2n) is 4.08. The van der Waals surface area contributed by atoms with E-state index in [4.69, 9.17) is 5.73 Å². The molecule has 1 aromatic carbocycles. The summed E-state index contributed by atoms with van der Waals surface area (Å²) in [6.45, 7) is 0.272. The molecule has 1 heterocycles. The van der Waals surface area contributed by atoms with E-state index in [2.05, 4.69) is 4.98 Å². The Balaban J connectivity index is 2.52. The normalized spacial score (nSPS) is 14.1. The van der Waals surface area contributed by atoms with Crippen molar-refractivity contribution in [3.8, 4) is 0 Å². The van der Waals surface area contributed by atoms with E-state index in [0.29, 0.717) is 22.9 Å². The number of H-pyrrole nitrogens is 1. The van der Waals surface area contributed by atoms with Crippen LogP contribution in [0.5, 0.6) is 0 Å². The summed E-state index contributed by atoms with van der Waals surface area (Å²) in [6.07, 6.45) is -4.96. The van der Waals surface area contributed by atoms with Crippen LogP contribution in [0.15, 0.2) is 24.3 Å². The zero-order valence-corrected chi connectivity index (χ0v) is 9.46. The average molecular weight is 258 g/mol. The van der Waals surface area contributed by atoms with Crippen LogP contribution < -0.4 is 5.73 Å². The zero-order chi connectivity index (χ0) is 13.3. The highest BCUT2D eigenvalue weighted by molar-refractivity contribution is 5.84. The highest BCUT2D eigenvalue weighted by Gasteiger charge is 2.33. The molecule has 2 rings (SSSR count). The van der Waals surface area contributed by atoms with Gasteiger partial charge in [0.05, 0.1) is 6.10 Å². The molecule has 3 nitrogen and oxygen atoms in total. The van der Waals surface area contributed by atoms with Crippen LogP contribution in [0.2, 0.25) is 0 Å². The third-order valence-electron chi connectivity index (χ3n) is 2.80. The minimum absolute atomic E-state index is 0.272. The molecule has 2 aromatic rings. The lowest BCUT2D eigenvalue weighted by atomic mass is 10.0. The number of aromatic nitrogens is 1. The van der Waals surface area contributed by atoms with Crippen LogP contribution in [0.25, 0.3) is 10.9 Å². The fraction of sp³-hybridized carbons (Fsp3) is 0.333. The molecule has 18 heavy (non-hydrogen) atoms. The Morgan fingerprint density at radius 2 is 2.06 bits per heavy atom. The summed E-state index contributed by atoms with van der Waals surface area (Å²) in [5, 5.41) is 10.2. The predicted molar refractivity (Wildman–Crippen MR) is 61.9 cm³/mol. The minimum atomic E-state index is -4.42. The Morgan fingerprint density at radius 3 is 2.67 bits per heavy atom. The lowest BCUT2D eigenvalue weighted by molar-refractivity contribution is -0.140. The summed E-state index contributed by atoms with van der Waals surface area (Å²) >= 11 is 0. The molecule has 0 aliphatic heterocycles. The van der Waals surface area contributed by atoms with Crippen molar-refractivity contribution in [2.24, 2.45) is 5.73 Å². The Morgan fingerprint density at radius 1 is 1.33 bits per heavy atom. The Bertz CT molecular complexity index is 548. The van der Waals surface area contributed by atoms with Gasteiger partial charge in [-0.15, -0.1) is 0 Å². The van der Waals surface area contributed by atoms with Crippen molar-refractivity contribution in [1.29, 1.82) is 0 Å². The first kappa shape index (κ1) is 12.9. The molecule has 0 saturated heterocycles. The van der Waals surface area contributed by atoms with E-state index in [0.717, 1.165) is 6.07 Å². The molecule has 0 spiro atoms. The van der Waals surface area contributed by atoms with E-state index in [9.17, 15) is 18.3 Å². The Labute approximate surface area is 101 Å². The van der Waals surface area contributed by atoms with Crippen LogP contribution in [0.3, 0.4) is 0 Å². The summed E-state index contributed by atoms with van der Waals surface area (Å²) in [5.74, 6) is 0. The fourth-order valence-corrected chi connectivity index (χ4v) is 1.94. The van der Waals surface area contributed by atoms with E-state index >= 15 is 0 Å². The van der Waals surface area contributed by atoms with Gasteiger partial charge in [0.25, 0.3) is 0 Å². The van der Waals surface area contributed by atoms with Crippen molar-refractivity contribution >= 4 is 10.9 Å². The van der Waals surface area contributed by atoms with Crippen molar-refractivity contribution in [1.82, 2.24) is 4.98 Å². The van der Waals surface area contributed by atoms with E-state index < -0.39 is 18.0 Å². The molecule has 4 N–H and O–H groups in total. The second kappa shape index (κ2) is 4.62. The van der Waals surface area contributed by atoms with Crippen LogP contribution in [-0.4, -0.2) is 16.6 Å². The third kappa shape index (κ3) is 2.34. The van der Waals surface area contributed by atoms with Crippen LogP contribution in [0.1, 0.15) is 23.8 Å². The van der Waals surface area contributed by atoms with Gasteiger partial charge in [0, 0.05) is 10.9 Å². The summed E-state index contributed by atoms with van der Waals surface area (Å²) in [4.78, 5) is 2.31. The lowest BCUT2D eigenvalue weighted by Gasteiger charge is -2.10. The molecule has 0 aliphatic carbocycles. The van der Waals surface area contributed by atoms with Gasteiger partial charge in [-0.1, -0.05) is 12.1 Å². The average Bonchev–Trinajstić information content (AvgIpc) is 2.72. The van der Waals surface area contributed by atoms with Gasteiger partial charge in [-0.3, -0.25) is 0 Å². The third-order valence-corrected chi connectivity index (χ3v) is 2.80. The number of hydrogen-bond donors (Lipinski definition) is 3. The number of aliphatic hydroxyl groups is 1. The number of aliphatic hydroxyl groups excluding tert-OH is 1. The van der Waals surface area contributed by atoms with Gasteiger partial charge in [-0.2, -0.15) is 13.2 Å². The van der Waals surface area contributed by atoms with Crippen molar-refractivity contribution in [3.05, 3.63) is 35.5 Å². The molecule has 98 valence electrons. The van der Waals surface area contributed by atoms with Gasteiger partial charge in [-0.25, -0.2) is 0 Å². The van der Waals surface area contributed by atoms with Crippen molar-refractivity contribution < 1.29 is 18.3 Å². The monoisotopic (exact) mass is 258 g/mol. The van der Waals surface area contributed by atoms with Gasteiger partial charge >= 0.3 is 6.18 Å². The number of hydrogen-bond acceptors (Lipinski definition) is 2. The second-order valence-corrected chi connectivity index (χ2v) is 4.08. The van der Waals surface area contributed by atoms with Crippen LogP contribution >= 0.6 is 0 Å². The Kier molecular flexibility index (Phi) is 3.32. The summed E-state index contributed by atoms with van der Waals surface area (Å²) < 4.78 is 37.8. The number of halogens is 3. The predicted octanol–water partition coefficient (Wildman–Crippen LogP) is 2.57. The highest BCUT2D eigenvalue weighted by Crippen LogP contribution is 2.34. The summed E-state index contributed by atoms with van der Waals surface area (Å²) in [7, 11) is 0. The first-order valence-electron chi connectivity index (χ1n) is 5.50.